The highest BCUT2D eigenvalue weighted by atomic mass is 35.5. The third-order valence-corrected chi connectivity index (χ3v) is 5.03. The van der Waals surface area contributed by atoms with Gasteiger partial charge in [-0.3, -0.25) is 14.4 Å². The molecule has 138 valence electrons. The zero-order chi connectivity index (χ0) is 19.0. The van der Waals surface area contributed by atoms with Crippen LogP contribution in [0.2, 0.25) is 5.02 Å². The van der Waals surface area contributed by atoms with Crippen molar-refractivity contribution in [2.24, 2.45) is 5.92 Å². The van der Waals surface area contributed by atoms with Crippen molar-refractivity contribution >= 4 is 41.0 Å². The first kappa shape index (κ1) is 21.4. The summed E-state index contributed by atoms with van der Waals surface area (Å²) in [7, 11) is 0. The monoisotopic (exact) mass is 389 g/mol. The highest BCUT2D eigenvalue weighted by Gasteiger charge is 2.25. The average molecular weight is 390 g/mol. The first-order valence-electron chi connectivity index (χ1n) is 7.81. The smallest absolute Gasteiger partial charge is 0.305 e. The molecule has 1 rings (SSSR count). The van der Waals surface area contributed by atoms with E-state index in [0.29, 0.717) is 12.0 Å². The molecule has 0 radical (unpaired) electrons. The fourth-order valence-electron chi connectivity index (χ4n) is 1.94. The topological polar surface area (TPSA) is 83.5 Å². The minimum atomic E-state index is -1.18. The van der Waals surface area contributed by atoms with E-state index < -0.39 is 30.0 Å². The Morgan fingerprint density at radius 3 is 2.60 bits per heavy atom. The molecule has 0 aliphatic carbocycles. The molecule has 1 unspecified atom stereocenters. The zero-order valence-corrected chi connectivity index (χ0v) is 15.6. The van der Waals surface area contributed by atoms with Crippen LogP contribution in [0.25, 0.3) is 0 Å². The molecule has 0 saturated carbocycles. The van der Waals surface area contributed by atoms with E-state index in [4.69, 9.17) is 16.7 Å². The molecule has 2 atom stereocenters. The number of thioether (sulfide) groups is 1. The Labute approximate surface area is 155 Å². The van der Waals surface area contributed by atoms with Gasteiger partial charge in [0.25, 0.3) is 0 Å². The molecule has 0 aliphatic rings. The van der Waals surface area contributed by atoms with Gasteiger partial charge in [0.15, 0.2) is 5.78 Å². The van der Waals surface area contributed by atoms with E-state index >= 15 is 0 Å². The molecule has 5 nitrogen and oxygen atoms in total. The van der Waals surface area contributed by atoms with E-state index in [1.165, 1.54) is 12.1 Å². The Bertz CT molecular complexity index is 621. The molecule has 2 N–H and O–H groups in total. The number of Topliss-reactive ketones (excluding diaryl/α,β-unsaturated/α-hetero) is 1. The second-order valence-electron chi connectivity index (χ2n) is 5.63. The number of benzene rings is 1. The first-order valence-corrected chi connectivity index (χ1v) is 9.35. The fourth-order valence-corrected chi connectivity index (χ4v) is 3.25. The summed E-state index contributed by atoms with van der Waals surface area (Å²) in [6.07, 6.45) is 0.0996. The van der Waals surface area contributed by atoms with Crippen molar-refractivity contribution in [2.75, 3.05) is 5.75 Å². The van der Waals surface area contributed by atoms with Crippen molar-refractivity contribution < 1.29 is 23.9 Å². The Morgan fingerprint density at radius 2 is 2.04 bits per heavy atom. The van der Waals surface area contributed by atoms with Crippen LogP contribution in [-0.4, -0.2) is 34.6 Å². The van der Waals surface area contributed by atoms with Crippen LogP contribution in [0.3, 0.4) is 0 Å². The van der Waals surface area contributed by atoms with E-state index in [2.05, 4.69) is 5.32 Å². The van der Waals surface area contributed by atoms with Crippen LogP contribution in [0.15, 0.2) is 18.2 Å². The average Bonchev–Trinajstić information content (AvgIpc) is 2.55. The van der Waals surface area contributed by atoms with E-state index in [1.54, 1.807) is 13.0 Å². The molecule has 8 heteroatoms. The van der Waals surface area contributed by atoms with Gasteiger partial charge in [0.2, 0.25) is 5.91 Å². The summed E-state index contributed by atoms with van der Waals surface area (Å²) in [4.78, 5) is 35.1. The largest absolute Gasteiger partial charge is 0.481 e. The number of carbonyl (C=O) groups excluding carboxylic acids is 2. The molecule has 0 saturated heterocycles. The highest BCUT2D eigenvalue weighted by molar-refractivity contribution is 7.99. The van der Waals surface area contributed by atoms with Gasteiger partial charge in [-0.25, -0.2) is 4.39 Å². The van der Waals surface area contributed by atoms with Crippen LogP contribution in [0, 0.1) is 11.7 Å². The van der Waals surface area contributed by atoms with Crippen LogP contribution < -0.4 is 5.32 Å². The molecule has 0 spiro atoms. The number of carbonyl (C=O) groups is 3. The number of amides is 1. The van der Waals surface area contributed by atoms with E-state index in [-0.39, 0.29) is 28.4 Å². The van der Waals surface area contributed by atoms with Crippen LogP contribution >= 0.6 is 23.4 Å². The standard InChI is InChI=1S/C17H21ClFNO4S/c1-3-10(2)17(24)20-14(7-16(22)23)15(21)9-25-8-11-12(18)5-4-6-13(11)19/h4-6,10,14H,3,7-9H2,1-2H3,(H,20,24)(H,22,23)/t10?,14-/m0/s1. The lowest BCUT2D eigenvalue weighted by Crippen LogP contribution is -2.45. The van der Waals surface area contributed by atoms with Gasteiger partial charge in [-0.1, -0.05) is 31.5 Å². The van der Waals surface area contributed by atoms with Crippen LogP contribution in [0.1, 0.15) is 32.3 Å². The zero-order valence-electron chi connectivity index (χ0n) is 14.1. The number of hydrogen-bond donors (Lipinski definition) is 2. The van der Waals surface area contributed by atoms with Gasteiger partial charge in [0.1, 0.15) is 5.82 Å². The Kier molecular flexibility index (Phi) is 8.92. The van der Waals surface area contributed by atoms with Crippen LogP contribution in [0.4, 0.5) is 4.39 Å². The maximum absolute atomic E-state index is 13.7. The number of carboxylic acid groups (broad SMARTS) is 1. The summed E-state index contributed by atoms with van der Waals surface area (Å²) >= 11 is 7.04. The van der Waals surface area contributed by atoms with E-state index in [9.17, 15) is 18.8 Å². The second kappa shape index (κ2) is 10.4. The third-order valence-electron chi connectivity index (χ3n) is 3.70. The number of halogens is 2. The van der Waals surface area contributed by atoms with Crippen molar-refractivity contribution in [3.63, 3.8) is 0 Å². The van der Waals surface area contributed by atoms with Crippen molar-refractivity contribution in [3.05, 3.63) is 34.6 Å². The van der Waals surface area contributed by atoms with Crippen LogP contribution in [-0.2, 0) is 20.1 Å². The van der Waals surface area contributed by atoms with E-state index in [0.717, 1.165) is 11.8 Å². The normalized spacial score (nSPS) is 13.1. The van der Waals surface area contributed by atoms with Gasteiger partial charge in [-0.15, -0.1) is 11.8 Å². The number of hydrogen-bond acceptors (Lipinski definition) is 4. The first-order chi connectivity index (χ1) is 11.8. The molecular formula is C17H21ClFNO4S. The van der Waals surface area contributed by atoms with Crippen LogP contribution in [0.5, 0.6) is 0 Å². The lowest BCUT2D eigenvalue weighted by molar-refractivity contribution is -0.140. The molecule has 0 fully saturated rings. The number of nitrogens with one attached hydrogen (secondary N) is 1. The summed E-state index contributed by atoms with van der Waals surface area (Å²) in [6, 6.07) is 3.23. The number of ketones is 1. The minimum Gasteiger partial charge on any atom is -0.481 e. The third kappa shape index (κ3) is 7.04. The highest BCUT2D eigenvalue weighted by Crippen LogP contribution is 2.24. The number of aliphatic carboxylic acids is 1. The second-order valence-corrected chi connectivity index (χ2v) is 7.02. The van der Waals surface area contributed by atoms with E-state index in [1.807, 2.05) is 6.92 Å². The number of carboxylic acids is 1. The Hall–Kier alpha value is -1.60. The van der Waals surface area contributed by atoms with Gasteiger partial charge in [-0.05, 0) is 18.6 Å². The van der Waals surface area contributed by atoms with Crippen molar-refractivity contribution in [3.8, 4) is 0 Å². The summed E-state index contributed by atoms with van der Waals surface area (Å²) < 4.78 is 13.7. The van der Waals surface area contributed by atoms with Crippen molar-refractivity contribution in [1.29, 1.82) is 0 Å². The lowest BCUT2D eigenvalue weighted by atomic mass is 10.1. The number of rotatable bonds is 10. The Balaban J connectivity index is 2.65. The molecular weight excluding hydrogens is 369 g/mol. The summed E-state index contributed by atoms with van der Waals surface area (Å²) in [5.74, 6) is -2.60. The SMILES string of the molecule is CCC(C)C(=O)N[C@@H](CC(=O)O)C(=O)CSCc1c(F)cccc1Cl. The summed E-state index contributed by atoms with van der Waals surface area (Å²) in [6.45, 7) is 3.53. The molecule has 0 aliphatic heterocycles. The van der Waals surface area contributed by atoms with Gasteiger partial charge >= 0.3 is 5.97 Å². The predicted octanol–water partition coefficient (Wildman–Crippen LogP) is 3.29. The maximum atomic E-state index is 13.7. The van der Waals surface area contributed by atoms with Crippen molar-refractivity contribution in [2.45, 2.75) is 38.5 Å². The quantitative estimate of drug-likeness (QED) is 0.641. The molecule has 1 aromatic rings. The molecule has 0 aromatic heterocycles. The summed E-state index contributed by atoms with van der Waals surface area (Å²) in [5.41, 5.74) is 0.292. The molecule has 25 heavy (non-hydrogen) atoms. The molecule has 1 aromatic carbocycles. The molecule has 1 amide bonds. The Morgan fingerprint density at radius 1 is 1.36 bits per heavy atom. The maximum Gasteiger partial charge on any atom is 0.305 e. The summed E-state index contributed by atoms with van der Waals surface area (Å²) in [5, 5.41) is 11.7. The van der Waals surface area contributed by atoms with Gasteiger partial charge in [0.05, 0.1) is 18.2 Å². The van der Waals surface area contributed by atoms with Gasteiger partial charge in [0, 0.05) is 22.3 Å². The van der Waals surface area contributed by atoms with Crippen molar-refractivity contribution in [1.82, 2.24) is 5.32 Å². The molecule has 0 bridgehead atoms. The molecule has 0 heterocycles. The fraction of sp³-hybridized carbons (Fsp3) is 0.471. The van der Waals surface area contributed by atoms with Gasteiger partial charge < -0.3 is 10.4 Å². The lowest BCUT2D eigenvalue weighted by Gasteiger charge is -2.18. The minimum absolute atomic E-state index is 0.0522. The predicted molar refractivity (Wildman–Crippen MR) is 96.2 cm³/mol. The van der Waals surface area contributed by atoms with Gasteiger partial charge in [-0.2, -0.15) is 0 Å².